The second kappa shape index (κ2) is 6.10. The van der Waals surface area contributed by atoms with Crippen LogP contribution < -0.4 is 4.74 Å². The second-order valence-corrected chi connectivity index (χ2v) is 5.35. The molecule has 0 atom stereocenters. The Balaban J connectivity index is 2.08. The van der Waals surface area contributed by atoms with Gasteiger partial charge in [-0.1, -0.05) is 17.8 Å². The van der Waals surface area contributed by atoms with E-state index in [0.717, 1.165) is 21.6 Å². The molecule has 0 fully saturated rings. The predicted molar refractivity (Wildman–Crippen MR) is 73.1 cm³/mol. The summed E-state index contributed by atoms with van der Waals surface area (Å²) >= 11 is 3.28. The minimum absolute atomic E-state index is 0.808. The molecule has 0 aliphatic rings. The Hall–Kier alpha value is -1.21. The number of thioether (sulfide) groups is 2. The van der Waals surface area contributed by atoms with E-state index in [1.807, 2.05) is 13.3 Å². The number of benzene rings is 1. The van der Waals surface area contributed by atoms with E-state index in [1.54, 1.807) is 35.3 Å². The Morgan fingerprint density at radius 3 is 2.83 bits per heavy atom. The van der Waals surface area contributed by atoms with Crippen LogP contribution in [0.4, 0.5) is 0 Å². The molecule has 0 unspecified atom stereocenters. The summed E-state index contributed by atoms with van der Waals surface area (Å²) in [5.41, 5.74) is 1.19. The largest absolute Gasteiger partial charge is 0.496 e. The van der Waals surface area contributed by atoms with Crippen molar-refractivity contribution in [2.75, 3.05) is 13.4 Å². The maximum Gasteiger partial charge on any atom is 0.209 e. The van der Waals surface area contributed by atoms with Gasteiger partial charge in [-0.05, 0) is 34.4 Å². The van der Waals surface area contributed by atoms with E-state index in [4.69, 9.17) is 4.74 Å². The minimum Gasteiger partial charge on any atom is -0.496 e. The van der Waals surface area contributed by atoms with Gasteiger partial charge in [0, 0.05) is 17.7 Å². The average Bonchev–Trinajstić information content (AvgIpc) is 2.81. The molecule has 0 aliphatic carbocycles. The lowest BCUT2D eigenvalue weighted by Crippen LogP contribution is -1.94. The quantitative estimate of drug-likeness (QED) is 0.784. The Morgan fingerprint density at radius 2 is 2.22 bits per heavy atom. The number of methoxy groups -OCH3 is 1. The van der Waals surface area contributed by atoms with E-state index in [0.29, 0.717) is 0 Å². The zero-order valence-electron chi connectivity index (χ0n) is 10.5. The first-order valence-electron chi connectivity index (χ1n) is 5.30. The van der Waals surface area contributed by atoms with Crippen LogP contribution in [-0.2, 0) is 12.8 Å². The van der Waals surface area contributed by atoms with Gasteiger partial charge >= 0.3 is 0 Å². The van der Waals surface area contributed by atoms with Crippen LogP contribution in [0.2, 0.25) is 0 Å². The van der Waals surface area contributed by atoms with Gasteiger partial charge < -0.3 is 4.74 Å². The van der Waals surface area contributed by atoms with E-state index in [9.17, 15) is 0 Å². The van der Waals surface area contributed by atoms with Crippen molar-refractivity contribution in [1.29, 1.82) is 0 Å². The fraction of sp³-hybridized carbons (Fsp3) is 0.364. The van der Waals surface area contributed by atoms with Crippen molar-refractivity contribution in [3.05, 3.63) is 23.8 Å². The third kappa shape index (κ3) is 2.97. The van der Waals surface area contributed by atoms with Crippen LogP contribution >= 0.6 is 23.5 Å². The van der Waals surface area contributed by atoms with Crippen molar-refractivity contribution in [3.63, 3.8) is 0 Å². The molecule has 7 heteroatoms. The third-order valence-corrected chi connectivity index (χ3v) is 4.26. The summed E-state index contributed by atoms with van der Waals surface area (Å²) in [4.78, 5) is 1.14. The van der Waals surface area contributed by atoms with Crippen LogP contribution in [0.1, 0.15) is 5.56 Å². The van der Waals surface area contributed by atoms with Gasteiger partial charge in [0.2, 0.25) is 5.16 Å². The zero-order valence-corrected chi connectivity index (χ0v) is 12.1. The molecule has 5 nitrogen and oxygen atoms in total. The SMILES string of the molecule is COc1cc(CSc2nnnn2C)ccc1SC. The van der Waals surface area contributed by atoms with Crippen LogP contribution in [0.3, 0.4) is 0 Å². The first-order valence-corrected chi connectivity index (χ1v) is 7.51. The van der Waals surface area contributed by atoms with Crippen LogP contribution in [0.25, 0.3) is 0 Å². The number of rotatable bonds is 5. The molecule has 2 rings (SSSR count). The number of tetrazole rings is 1. The number of aromatic nitrogens is 4. The summed E-state index contributed by atoms with van der Waals surface area (Å²) in [6.45, 7) is 0. The van der Waals surface area contributed by atoms with Gasteiger partial charge in [0.25, 0.3) is 0 Å². The highest BCUT2D eigenvalue weighted by Crippen LogP contribution is 2.30. The monoisotopic (exact) mass is 282 g/mol. The number of hydrogen-bond donors (Lipinski definition) is 0. The minimum atomic E-state index is 0.808. The molecule has 0 saturated carbocycles. The summed E-state index contributed by atoms with van der Waals surface area (Å²) < 4.78 is 7.03. The maximum absolute atomic E-state index is 5.36. The molecule has 0 spiro atoms. The number of ether oxygens (including phenoxy) is 1. The van der Waals surface area contributed by atoms with Crippen LogP contribution in [0, 0.1) is 0 Å². The first-order chi connectivity index (χ1) is 8.74. The zero-order chi connectivity index (χ0) is 13.0. The lowest BCUT2D eigenvalue weighted by molar-refractivity contribution is 0.404. The number of aryl methyl sites for hydroxylation is 1. The van der Waals surface area contributed by atoms with Gasteiger partial charge in [-0.2, -0.15) is 0 Å². The van der Waals surface area contributed by atoms with Crippen molar-refractivity contribution in [3.8, 4) is 5.75 Å². The Labute approximate surface area is 114 Å². The molecule has 2 aromatic rings. The average molecular weight is 282 g/mol. The lowest BCUT2D eigenvalue weighted by Gasteiger charge is -2.08. The standard InChI is InChI=1S/C11H14N4OS2/c1-15-11(12-13-14-15)18-7-8-4-5-10(17-3)9(6-8)16-2/h4-6H,7H2,1-3H3. The molecule has 18 heavy (non-hydrogen) atoms. The molecule has 1 heterocycles. The molecule has 96 valence electrons. The van der Waals surface area contributed by atoms with Gasteiger partial charge in [0.1, 0.15) is 5.75 Å². The lowest BCUT2D eigenvalue weighted by atomic mass is 10.2. The van der Waals surface area contributed by atoms with E-state index in [2.05, 4.69) is 33.7 Å². The molecule has 1 aromatic carbocycles. The highest BCUT2D eigenvalue weighted by molar-refractivity contribution is 7.98. The van der Waals surface area contributed by atoms with E-state index < -0.39 is 0 Å². The molecule has 0 bridgehead atoms. The summed E-state index contributed by atoms with van der Waals surface area (Å²) in [5.74, 6) is 1.73. The summed E-state index contributed by atoms with van der Waals surface area (Å²) in [5, 5.41) is 12.2. The van der Waals surface area contributed by atoms with Crippen LogP contribution in [0.5, 0.6) is 5.75 Å². The summed E-state index contributed by atoms with van der Waals surface area (Å²) in [6, 6.07) is 6.24. The molecule has 0 radical (unpaired) electrons. The molecule has 0 N–H and O–H groups in total. The molecular formula is C11H14N4OS2. The van der Waals surface area contributed by atoms with E-state index in [1.165, 1.54) is 5.56 Å². The Kier molecular flexibility index (Phi) is 4.48. The fourth-order valence-corrected chi connectivity index (χ4v) is 2.80. The topological polar surface area (TPSA) is 52.8 Å². The van der Waals surface area contributed by atoms with Crippen molar-refractivity contribution < 1.29 is 4.74 Å². The number of hydrogen-bond acceptors (Lipinski definition) is 6. The molecular weight excluding hydrogens is 268 g/mol. The van der Waals surface area contributed by atoms with Gasteiger partial charge in [-0.25, -0.2) is 4.68 Å². The van der Waals surface area contributed by atoms with Crippen molar-refractivity contribution >= 4 is 23.5 Å². The van der Waals surface area contributed by atoms with Crippen molar-refractivity contribution in [2.24, 2.45) is 7.05 Å². The van der Waals surface area contributed by atoms with E-state index in [-0.39, 0.29) is 0 Å². The van der Waals surface area contributed by atoms with Gasteiger partial charge in [-0.3, -0.25) is 0 Å². The predicted octanol–water partition coefficient (Wildman–Crippen LogP) is 2.23. The fourth-order valence-electron chi connectivity index (χ4n) is 1.46. The normalized spacial score (nSPS) is 10.6. The summed E-state index contributed by atoms with van der Waals surface area (Å²) in [6.07, 6.45) is 2.04. The van der Waals surface area contributed by atoms with Gasteiger partial charge in [-0.15, -0.1) is 16.9 Å². The van der Waals surface area contributed by atoms with Crippen LogP contribution in [-0.4, -0.2) is 33.6 Å². The molecule has 0 amide bonds. The number of nitrogens with zero attached hydrogens (tertiary/aromatic N) is 4. The summed E-state index contributed by atoms with van der Waals surface area (Å²) in [7, 11) is 3.53. The van der Waals surface area contributed by atoms with Crippen LogP contribution in [0.15, 0.2) is 28.3 Å². The maximum atomic E-state index is 5.36. The third-order valence-electron chi connectivity index (χ3n) is 2.40. The van der Waals surface area contributed by atoms with Crippen molar-refractivity contribution in [2.45, 2.75) is 15.8 Å². The van der Waals surface area contributed by atoms with Crippen molar-refractivity contribution in [1.82, 2.24) is 20.2 Å². The van der Waals surface area contributed by atoms with Gasteiger partial charge in [0.05, 0.1) is 7.11 Å². The second-order valence-electron chi connectivity index (χ2n) is 3.56. The highest BCUT2D eigenvalue weighted by atomic mass is 32.2. The smallest absolute Gasteiger partial charge is 0.209 e. The molecule has 0 aliphatic heterocycles. The highest BCUT2D eigenvalue weighted by Gasteiger charge is 2.06. The Bertz CT molecular complexity index is 530. The Morgan fingerprint density at radius 1 is 1.39 bits per heavy atom. The van der Waals surface area contributed by atoms with E-state index >= 15 is 0 Å². The van der Waals surface area contributed by atoms with Gasteiger partial charge in [0.15, 0.2) is 0 Å². The molecule has 1 aromatic heterocycles. The molecule has 0 saturated heterocycles. The first kappa shape index (κ1) is 13.2.